The molecule has 2 aromatic carbocycles. The van der Waals surface area contributed by atoms with Gasteiger partial charge in [0.05, 0.1) is 42.7 Å². The van der Waals surface area contributed by atoms with Gasteiger partial charge >= 0.3 is 5.97 Å². The van der Waals surface area contributed by atoms with E-state index in [0.29, 0.717) is 11.1 Å². The van der Waals surface area contributed by atoms with Gasteiger partial charge in [-0.3, -0.25) is 9.59 Å². The maximum atomic E-state index is 13.6. The minimum Gasteiger partial charge on any atom is -0.477 e. The fourth-order valence-corrected chi connectivity index (χ4v) is 9.57. The lowest BCUT2D eigenvalue weighted by Gasteiger charge is -2.24. The van der Waals surface area contributed by atoms with Crippen LogP contribution in [-0.2, 0) is 17.9 Å². The van der Waals surface area contributed by atoms with Crippen LogP contribution in [0.1, 0.15) is 79.9 Å². The Bertz CT molecular complexity index is 2300. The molecular formula is C40H41N5O4S2. The quantitative estimate of drug-likeness (QED) is 0.160. The van der Waals surface area contributed by atoms with Crippen LogP contribution in [0.4, 0.5) is 0 Å². The van der Waals surface area contributed by atoms with Crippen LogP contribution in [0.5, 0.6) is 0 Å². The van der Waals surface area contributed by atoms with E-state index in [4.69, 9.17) is 4.98 Å². The summed E-state index contributed by atoms with van der Waals surface area (Å²) in [7, 11) is 5.17. The van der Waals surface area contributed by atoms with Crippen LogP contribution in [-0.4, -0.2) is 68.4 Å². The summed E-state index contributed by atoms with van der Waals surface area (Å²) in [4.78, 5) is 54.1. The van der Waals surface area contributed by atoms with E-state index < -0.39 is 5.97 Å². The fraction of sp³-hybridized carbons (Fsp3) is 0.325. The molecule has 4 aromatic heterocycles. The molecule has 51 heavy (non-hydrogen) atoms. The average Bonchev–Trinajstić information content (AvgIpc) is 3.77. The second-order valence-electron chi connectivity index (χ2n) is 13.6. The number of carboxylic acid groups (broad SMARTS) is 1. The number of fused-ring (bicyclic) bond motifs is 2. The standard InChI is InChI=1S/C40H41N5O4S2/c1-23-36(50-24(2)41-23)31-19-16-27-20-28(17-18-30(27)42-31)34-33(25-12-8-6-9-13-25)38-35(45(34)22-32(46)43(3)4)29(37(51-38)40(48)49)21-44(5)39(47)26-14-10-7-11-15-26/h7,10-11,14-20,25H,6,8-9,12-13,21-22H2,1-5H3,(H,48,49). The van der Waals surface area contributed by atoms with Gasteiger partial charge in [0.1, 0.15) is 11.4 Å². The van der Waals surface area contributed by atoms with Crippen molar-refractivity contribution in [3.8, 4) is 21.8 Å². The van der Waals surface area contributed by atoms with Crippen LogP contribution in [0.2, 0.25) is 0 Å². The molecule has 1 aliphatic rings. The number of pyridine rings is 1. The molecule has 0 aliphatic heterocycles. The van der Waals surface area contributed by atoms with Crippen LogP contribution < -0.4 is 0 Å². The number of nitrogens with zero attached hydrogens (tertiary/aromatic N) is 5. The first-order chi connectivity index (χ1) is 24.5. The number of thiazole rings is 1. The summed E-state index contributed by atoms with van der Waals surface area (Å²) in [5.41, 5.74) is 7.51. The van der Waals surface area contributed by atoms with Gasteiger partial charge in [-0.05, 0) is 74.1 Å². The molecule has 1 fully saturated rings. The Balaban J connectivity index is 1.45. The second kappa shape index (κ2) is 14.0. The number of aromatic nitrogens is 3. The highest BCUT2D eigenvalue weighted by molar-refractivity contribution is 7.21. The molecule has 1 N–H and O–H groups in total. The number of carboxylic acids is 1. The molecule has 4 heterocycles. The molecule has 1 saturated carbocycles. The average molecular weight is 720 g/mol. The monoisotopic (exact) mass is 719 g/mol. The normalized spacial score (nSPS) is 13.6. The van der Waals surface area contributed by atoms with Gasteiger partial charge < -0.3 is 19.5 Å². The van der Waals surface area contributed by atoms with Gasteiger partial charge in [-0.2, -0.15) is 0 Å². The molecule has 6 aromatic rings. The number of amides is 2. The van der Waals surface area contributed by atoms with Crippen molar-refractivity contribution in [1.29, 1.82) is 0 Å². The molecular weight excluding hydrogens is 679 g/mol. The van der Waals surface area contributed by atoms with Gasteiger partial charge in [-0.15, -0.1) is 22.7 Å². The SMILES string of the molecule is Cc1nc(C)c(-c2ccc3cc(-c4c(C5CCCCC5)c5sc(C(=O)O)c(CN(C)C(=O)c6ccccc6)c5n4CC(=O)N(C)C)ccc3n2)s1. The van der Waals surface area contributed by atoms with Crippen molar-refractivity contribution in [2.24, 2.45) is 0 Å². The van der Waals surface area contributed by atoms with Gasteiger partial charge in [-0.25, -0.2) is 14.8 Å². The highest BCUT2D eigenvalue weighted by atomic mass is 32.1. The summed E-state index contributed by atoms with van der Waals surface area (Å²) in [6.07, 6.45) is 5.32. The second-order valence-corrected chi connectivity index (χ2v) is 15.9. The van der Waals surface area contributed by atoms with Gasteiger partial charge in [0.25, 0.3) is 5.91 Å². The van der Waals surface area contributed by atoms with Crippen molar-refractivity contribution >= 4 is 61.6 Å². The van der Waals surface area contributed by atoms with Crippen molar-refractivity contribution < 1.29 is 19.5 Å². The molecule has 262 valence electrons. The summed E-state index contributed by atoms with van der Waals surface area (Å²) in [6, 6.07) is 19.4. The molecule has 7 rings (SSSR count). The Morgan fingerprint density at radius 3 is 2.33 bits per heavy atom. The number of thiophene rings is 1. The number of benzene rings is 2. The number of hydrogen-bond acceptors (Lipinski definition) is 7. The van der Waals surface area contributed by atoms with Gasteiger partial charge in [0, 0.05) is 44.2 Å². The summed E-state index contributed by atoms with van der Waals surface area (Å²) in [6.45, 7) is 4.13. The third kappa shape index (κ3) is 6.56. The lowest BCUT2D eigenvalue weighted by atomic mass is 9.83. The highest BCUT2D eigenvalue weighted by Gasteiger charge is 2.33. The number of aromatic carboxylic acids is 1. The van der Waals surface area contributed by atoms with Crippen LogP contribution in [0.25, 0.3) is 42.9 Å². The lowest BCUT2D eigenvalue weighted by molar-refractivity contribution is -0.129. The molecule has 0 saturated heterocycles. The maximum Gasteiger partial charge on any atom is 0.346 e. The summed E-state index contributed by atoms with van der Waals surface area (Å²) in [5, 5.41) is 12.5. The Hall–Kier alpha value is -4.87. The van der Waals surface area contributed by atoms with Crippen LogP contribution in [0.15, 0.2) is 60.7 Å². The van der Waals surface area contributed by atoms with E-state index in [9.17, 15) is 19.5 Å². The zero-order chi connectivity index (χ0) is 36.0. The van der Waals surface area contributed by atoms with Crippen molar-refractivity contribution in [2.75, 3.05) is 21.1 Å². The van der Waals surface area contributed by atoms with Gasteiger partial charge in [-0.1, -0.05) is 49.6 Å². The van der Waals surface area contributed by atoms with E-state index in [1.807, 2.05) is 48.7 Å². The fourth-order valence-electron chi connectivity index (χ4n) is 7.40. The third-order valence-electron chi connectivity index (χ3n) is 9.88. The van der Waals surface area contributed by atoms with Crippen LogP contribution >= 0.6 is 22.7 Å². The molecule has 0 atom stereocenters. The summed E-state index contributed by atoms with van der Waals surface area (Å²) >= 11 is 2.91. The topological polar surface area (TPSA) is 109 Å². The zero-order valence-corrected chi connectivity index (χ0v) is 31.2. The first kappa shape index (κ1) is 34.6. The Morgan fingerprint density at radius 1 is 0.922 bits per heavy atom. The lowest BCUT2D eigenvalue weighted by Crippen LogP contribution is -2.28. The molecule has 0 radical (unpaired) electrons. The van der Waals surface area contributed by atoms with E-state index in [1.54, 1.807) is 54.4 Å². The molecule has 0 spiro atoms. The van der Waals surface area contributed by atoms with E-state index >= 15 is 0 Å². The number of rotatable bonds is 9. The van der Waals surface area contributed by atoms with Crippen molar-refractivity contribution in [3.05, 3.63) is 92.9 Å². The Morgan fingerprint density at radius 2 is 1.67 bits per heavy atom. The molecule has 1 aliphatic carbocycles. The van der Waals surface area contributed by atoms with E-state index in [-0.39, 0.29) is 35.7 Å². The molecule has 0 unspecified atom stereocenters. The van der Waals surface area contributed by atoms with E-state index in [1.165, 1.54) is 17.8 Å². The number of carbonyl (C=O) groups excluding carboxylic acids is 2. The minimum atomic E-state index is -1.03. The maximum absolute atomic E-state index is 13.6. The predicted octanol–water partition coefficient (Wildman–Crippen LogP) is 8.76. The van der Waals surface area contributed by atoms with Gasteiger partial charge in [0.15, 0.2) is 0 Å². The van der Waals surface area contributed by atoms with Crippen molar-refractivity contribution in [2.45, 2.75) is 65.0 Å². The Kier molecular flexibility index (Phi) is 9.52. The number of carbonyl (C=O) groups is 3. The van der Waals surface area contributed by atoms with E-state index in [0.717, 1.165) is 84.9 Å². The molecule has 9 nitrogen and oxygen atoms in total. The molecule has 2 amide bonds. The first-order valence-electron chi connectivity index (χ1n) is 17.3. The number of likely N-dealkylation sites (N-methyl/N-ethyl adjacent to an activating group) is 1. The first-order valence-corrected chi connectivity index (χ1v) is 18.9. The van der Waals surface area contributed by atoms with Crippen molar-refractivity contribution in [1.82, 2.24) is 24.3 Å². The number of hydrogen-bond donors (Lipinski definition) is 1. The van der Waals surface area contributed by atoms with Gasteiger partial charge in [0.2, 0.25) is 5.91 Å². The van der Waals surface area contributed by atoms with Crippen LogP contribution in [0.3, 0.4) is 0 Å². The minimum absolute atomic E-state index is 0.0317. The predicted molar refractivity (Wildman–Crippen MR) is 205 cm³/mol. The highest BCUT2D eigenvalue weighted by Crippen LogP contribution is 2.49. The molecule has 11 heteroatoms. The van der Waals surface area contributed by atoms with Crippen molar-refractivity contribution in [3.63, 3.8) is 0 Å². The summed E-state index contributed by atoms with van der Waals surface area (Å²) in [5.74, 6) is -1.13. The molecule has 0 bridgehead atoms. The smallest absolute Gasteiger partial charge is 0.346 e. The van der Waals surface area contributed by atoms with E-state index in [2.05, 4.69) is 23.2 Å². The largest absolute Gasteiger partial charge is 0.477 e. The zero-order valence-electron chi connectivity index (χ0n) is 29.5. The third-order valence-corrected chi connectivity index (χ3v) is 12.2. The number of aryl methyl sites for hydroxylation is 2. The Labute approximate surface area is 305 Å². The van der Waals surface area contributed by atoms with Crippen LogP contribution in [0, 0.1) is 13.8 Å². The summed E-state index contributed by atoms with van der Waals surface area (Å²) < 4.78 is 2.92.